The molecule has 3 rings (SSSR count). The van der Waals surface area contributed by atoms with Crippen molar-refractivity contribution >= 4 is 39.1 Å². The van der Waals surface area contributed by atoms with Crippen LogP contribution in [0.1, 0.15) is 18.1 Å². The van der Waals surface area contributed by atoms with Crippen molar-refractivity contribution in [2.75, 3.05) is 6.61 Å². The van der Waals surface area contributed by atoms with Crippen LogP contribution in [-0.4, -0.2) is 17.1 Å². The van der Waals surface area contributed by atoms with Crippen molar-refractivity contribution in [1.29, 1.82) is 0 Å². The zero-order chi connectivity index (χ0) is 18.0. The van der Waals surface area contributed by atoms with Crippen molar-refractivity contribution in [3.05, 3.63) is 57.3 Å². The number of nitrogens with zero attached hydrogens (tertiary/aromatic N) is 2. The lowest BCUT2D eigenvalue weighted by atomic mass is 10.1. The minimum atomic E-state index is -0.171. The molecule has 0 bridgehead atoms. The average molecular weight is 375 g/mol. The molecule has 6 heteroatoms. The van der Waals surface area contributed by atoms with Gasteiger partial charge in [-0.15, -0.1) is 0 Å². The van der Waals surface area contributed by atoms with Crippen LogP contribution in [0, 0.1) is 6.92 Å². The third kappa shape index (κ3) is 3.78. The summed E-state index contributed by atoms with van der Waals surface area (Å²) in [7, 11) is 1.91. The highest BCUT2D eigenvalue weighted by molar-refractivity contribution is 7.16. The van der Waals surface area contributed by atoms with Gasteiger partial charge in [0.15, 0.2) is 4.80 Å². The van der Waals surface area contributed by atoms with Crippen LogP contribution in [0.15, 0.2) is 41.4 Å². The molecule has 2 aromatic carbocycles. The Morgan fingerprint density at radius 2 is 1.96 bits per heavy atom. The Morgan fingerprint density at radius 3 is 2.64 bits per heavy atom. The van der Waals surface area contributed by atoms with E-state index in [4.69, 9.17) is 16.3 Å². The Hall–Kier alpha value is -2.11. The highest BCUT2D eigenvalue weighted by Crippen LogP contribution is 2.26. The largest absolute Gasteiger partial charge is 0.494 e. The molecule has 1 heterocycles. The first-order valence-electron chi connectivity index (χ1n) is 8.03. The third-order valence-corrected chi connectivity index (χ3v) is 5.47. The van der Waals surface area contributed by atoms with Gasteiger partial charge in [-0.25, -0.2) is 0 Å². The van der Waals surface area contributed by atoms with Crippen molar-refractivity contribution in [3.63, 3.8) is 0 Å². The Morgan fingerprint density at radius 1 is 1.24 bits per heavy atom. The molecule has 0 saturated carbocycles. The highest BCUT2D eigenvalue weighted by atomic mass is 35.5. The maximum absolute atomic E-state index is 12.3. The monoisotopic (exact) mass is 374 g/mol. The molecule has 0 unspecified atom stereocenters. The van der Waals surface area contributed by atoms with E-state index in [0.717, 1.165) is 27.1 Å². The van der Waals surface area contributed by atoms with E-state index < -0.39 is 0 Å². The molecule has 4 nitrogen and oxygen atoms in total. The molecule has 25 heavy (non-hydrogen) atoms. The van der Waals surface area contributed by atoms with Gasteiger partial charge in [-0.05, 0) is 49.2 Å². The van der Waals surface area contributed by atoms with E-state index in [1.807, 2.05) is 61.9 Å². The normalized spacial score (nSPS) is 11.9. The number of halogens is 1. The van der Waals surface area contributed by atoms with Crippen LogP contribution in [0.2, 0.25) is 5.02 Å². The van der Waals surface area contributed by atoms with E-state index >= 15 is 0 Å². The minimum absolute atomic E-state index is 0.171. The number of aromatic nitrogens is 1. The van der Waals surface area contributed by atoms with Crippen molar-refractivity contribution in [2.24, 2.45) is 12.0 Å². The predicted octanol–water partition coefficient (Wildman–Crippen LogP) is 4.27. The molecule has 0 atom stereocenters. The van der Waals surface area contributed by atoms with Gasteiger partial charge in [0.2, 0.25) is 0 Å². The SMILES string of the molecule is CCOc1ccc(CC(=O)N=c2sc3ccc(Cl)c(C)c3n2C)cc1. The second-order valence-corrected chi connectivity index (χ2v) is 7.14. The molecule has 0 spiro atoms. The molecule has 1 aromatic heterocycles. The molecule has 0 N–H and O–H groups in total. The fourth-order valence-corrected chi connectivity index (χ4v) is 3.95. The molecular formula is C19H19ClN2O2S. The lowest BCUT2D eigenvalue weighted by Gasteiger charge is -2.03. The molecule has 1 amide bonds. The van der Waals surface area contributed by atoms with Gasteiger partial charge in [0.05, 0.1) is 23.2 Å². The lowest BCUT2D eigenvalue weighted by molar-refractivity contribution is -0.117. The van der Waals surface area contributed by atoms with Crippen LogP contribution in [0.5, 0.6) is 5.75 Å². The summed E-state index contributed by atoms with van der Waals surface area (Å²) in [5.41, 5.74) is 2.93. The first kappa shape index (κ1) is 17.7. The minimum Gasteiger partial charge on any atom is -0.494 e. The summed E-state index contributed by atoms with van der Waals surface area (Å²) in [5.74, 6) is 0.633. The number of amides is 1. The summed E-state index contributed by atoms with van der Waals surface area (Å²) in [4.78, 5) is 17.3. The van der Waals surface area contributed by atoms with Crippen molar-refractivity contribution in [3.8, 4) is 5.75 Å². The Balaban J connectivity index is 1.87. The van der Waals surface area contributed by atoms with Crippen molar-refractivity contribution in [1.82, 2.24) is 4.57 Å². The molecule has 0 fully saturated rings. The van der Waals surface area contributed by atoms with Gasteiger partial charge in [0, 0.05) is 12.1 Å². The van der Waals surface area contributed by atoms with E-state index in [0.29, 0.717) is 16.4 Å². The van der Waals surface area contributed by atoms with Crippen molar-refractivity contribution in [2.45, 2.75) is 20.3 Å². The molecule has 3 aromatic rings. The Labute approximate surface area is 155 Å². The van der Waals surface area contributed by atoms with Crippen LogP contribution in [-0.2, 0) is 18.3 Å². The zero-order valence-corrected chi connectivity index (χ0v) is 15.9. The highest BCUT2D eigenvalue weighted by Gasteiger charge is 2.10. The molecule has 0 saturated heterocycles. The number of hydrogen-bond acceptors (Lipinski definition) is 3. The Bertz CT molecular complexity index is 987. The van der Waals surface area contributed by atoms with Gasteiger partial charge in [-0.3, -0.25) is 4.79 Å². The van der Waals surface area contributed by atoms with Gasteiger partial charge < -0.3 is 9.30 Å². The van der Waals surface area contributed by atoms with Crippen molar-refractivity contribution < 1.29 is 9.53 Å². The summed E-state index contributed by atoms with van der Waals surface area (Å²) >= 11 is 7.69. The van der Waals surface area contributed by atoms with Gasteiger partial charge >= 0.3 is 0 Å². The third-order valence-electron chi connectivity index (χ3n) is 3.96. The van der Waals surface area contributed by atoms with E-state index in [-0.39, 0.29) is 12.3 Å². The van der Waals surface area contributed by atoms with E-state index in [2.05, 4.69) is 4.99 Å². The number of ether oxygens (including phenoxy) is 1. The number of carbonyl (C=O) groups excluding carboxylic acids is 1. The van der Waals surface area contributed by atoms with Crippen LogP contribution < -0.4 is 9.54 Å². The summed E-state index contributed by atoms with van der Waals surface area (Å²) < 4.78 is 8.41. The smallest absolute Gasteiger partial charge is 0.252 e. The maximum Gasteiger partial charge on any atom is 0.252 e. The number of carbonyl (C=O) groups is 1. The fraction of sp³-hybridized carbons (Fsp3) is 0.263. The van der Waals surface area contributed by atoms with Gasteiger partial charge in [0.1, 0.15) is 5.75 Å². The molecule has 0 aliphatic rings. The first-order valence-corrected chi connectivity index (χ1v) is 9.23. The van der Waals surface area contributed by atoms with E-state index in [1.54, 1.807) is 0 Å². The molecule has 0 radical (unpaired) electrons. The van der Waals surface area contributed by atoms with Crippen LogP contribution in [0.4, 0.5) is 0 Å². The number of fused-ring (bicyclic) bond motifs is 1. The van der Waals surface area contributed by atoms with E-state index in [9.17, 15) is 4.79 Å². The summed E-state index contributed by atoms with van der Waals surface area (Å²) in [5, 5.41) is 0.716. The first-order chi connectivity index (χ1) is 12.0. The average Bonchev–Trinajstić information content (AvgIpc) is 2.90. The quantitative estimate of drug-likeness (QED) is 0.684. The second kappa shape index (κ2) is 7.42. The van der Waals surface area contributed by atoms with Gasteiger partial charge in [0.25, 0.3) is 5.91 Å². The van der Waals surface area contributed by atoms with Crippen LogP contribution >= 0.6 is 22.9 Å². The topological polar surface area (TPSA) is 43.6 Å². The lowest BCUT2D eigenvalue weighted by Crippen LogP contribution is -2.14. The Kier molecular flexibility index (Phi) is 5.25. The summed E-state index contributed by atoms with van der Waals surface area (Å²) in [6, 6.07) is 11.4. The molecule has 0 aliphatic heterocycles. The number of aryl methyl sites for hydroxylation is 2. The standard InChI is InChI=1S/C19H19ClN2O2S/c1-4-24-14-7-5-13(6-8-14)11-17(23)21-19-22(3)18-12(2)15(20)9-10-16(18)25-19/h5-10H,4,11H2,1-3H3. The number of rotatable bonds is 4. The summed E-state index contributed by atoms with van der Waals surface area (Å²) in [6.45, 7) is 4.54. The zero-order valence-electron chi connectivity index (χ0n) is 14.4. The number of benzene rings is 2. The summed E-state index contributed by atoms with van der Waals surface area (Å²) in [6.07, 6.45) is 0.264. The maximum atomic E-state index is 12.3. The predicted molar refractivity (Wildman–Crippen MR) is 102 cm³/mol. The molecule has 130 valence electrons. The molecule has 0 aliphatic carbocycles. The number of hydrogen-bond donors (Lipinski definition) is 0. The van der Waals surface area contributed by atoms with E-state index in [1.165, 1.54) is 11.3 Å². The second-order valence-electron chi connectivity index (χ2n) is 5.72. The van der Waals surface area contributed by atoms with Crippen LogP contribution in [0.3, 0.4) is 0 Å². The molecular weight excluding hydrogens is 356 g/mol. The van der Waals surface area contributed by atoms with Gasteiger partial charge in [-0.1, -0.05) is 35.1 Å². The van der Waals surface area contributed by atoms with Gasteiger partial charge in [-0.2, -0.15) is 4.99 Å². The fourth-order valence-electron chi connectivity index (χ4n) is 2.70. The number of thiazole rings is 1. The van der Waals surface area contributed by atoms with Crippen LogP contribution in [0.25, 0.3) is 10.2 Å².